The van der Waals surface area contributed by atoms with Gasteiger partial charge in [-0.05, 0) is 26.2 Å². The van der Waals surface area contributed by atoms with Gasteiger partial charge in [0.15, 0.2) is 11.5 Å². The third kappa shape index (κ3) is 5.58. The molecule has 2 N–H and O–H groups in total. The number of likely N-dealkylation sites (N-methyl/N-ethyl adjacent to an activating group) is 1. The number of hydrogen-bond acceptors (Lipinski definition) is 7. The lowest BCUT2D eigenvalue weighted by Crippen LogP contribution is -2.21. The molecule has 3 rings (SSSR count). The largest absolute Gasteiger partial charge is 0.493 e. The Bertz CT molecular complexity index is 932. The SMILES string of the molecule is COc1ccc(Nc2cc(-c3ccccc3)nc(NCCN(C)C)n2)cc1OC. The van der Waals surface area contributed by atoms with Crippen molar-refractivity contribution in [2.45, 2.75) is 0 Å². The topological polar surface area (TPSA) is 71.5 Å². The van der Waals surface area contributed by atoms with E-state index in [0.717, 1.165) is 30.0 Å². The second-order valence-corrected chi connectivity index (χ2v) is 6.75. The summed E-state index contributed by atoms with van der Waals surface area (Å²) in [6.45, 7) is 1.64. The maximum atomic E-state index is 5.39. The van der Waals surface area contributed by atoms with Crippen LogP contribution in [0, 0.1) is 0 Å². The van der Waals surface area contributed by atoms with Gasteiger partial charge in [-0.1, -0.05) is 30.3 Å². The van der Waals surface area contributed by atoms with Gasteiger partial charge in [-0.3, -0.25) is 0 Å². The van der Waals surface area contributed by atoms with Gasteiger partial charge in [-0.15, -0.1) is 0 Å². The first kappa shape index (κ1) is 20.4. The molecule has 0 bridgehead atoms. The van der Waals surface area contributed by atoms with Crippen molar-refractivity contribution in [3.05, 3.63) is 54.6 Å². The van der Waals surface area contributed by atoms with Crippen LogP contribution in [0.1, 0.15) is 0 Å². The number of benzene rings is 2. The number of anilines is 3. The Morgan fingerprint density at radius 2 is 1.66 bits per heavy atom. The monoisotopic (exact) mass is 393 g/mol. The first-order valence-electron chi connectivity index (χ1n) is 9.41. The van der Waals surface area contributed by atoms with Gasteiger partial charge in [0.1, 0.15) is 5.82 Å². The van der Waals surface area contributed by atoms with Gasteiger partial charge in [0.05, 0.1) is 19.9 Å². The van der Waals surface area contributed by atoms with Crippen LogP contribution in [-0.2, 0) is 0 Å². The van der Waals surface area contributed by atoms with Crippen molar-refractivity contribution in [1.29, 1.82) is 0 Å². The zero-order chi connectivity index (χ0) is 20.6. The lowest BCUT2D eigenvalue weighted by molar-refractivity contribution is 0.355. The summed E-state index contributed by atoms with van der Waals surface area (Å²) >= 11 is 0. The predicted molar refractivity (Wildman–Crippen MR) is 117 cm³/mol. The first-order chi connectivity index (χ1) is 14.1. The molecule has 0 spiro atoms. The fraction of sp³-hybridized carbons (Fsp3) is 0.273. The van der Waals surface area contributed by atoms with Crippen LogP contribution < -0.4 is 20.1 Å². The highest BCUT2D eigenvalue weighted by molar-refractivity contribution is 5.68. The summed E-state index contributed by atoms with van der Waals surface area (Å²) in [5.41, 5.74) is 2.72. The fourth-order valence-corrected chi connectivity index (χ4v) is 2.80. The third-order valence-corrected chi connectivity index (χ3v) is 4.29. The van der Waals surface area contributed by atoms with Crippen LogP contribution in [0.3, 0.4) is 0 Å². The molecule has 0 saturated carbocycles. The lowest BCUT2D eigenvalue weighted by atomic mass is 10.1. The first-order valence-corrected chi connectivity index (χ1v) is 9.41. The highest BCUT2D eigenvalue weighted by atomic mass is 16.5. The van der Waals surface area contributed by atoms with Gasteiger partial charge in [0.25, 0.3) is 0 Å². The summed E-state index contributed by atoms with van der Waals surface area (Å²) in [4.78, 5) is 11.4. The maximum absolute atomic E-state index is 5.39. The Morgan fingerprint density at radius 1 is 0.897 bits per heavy atom. The van der Waals surface area contributed by atoms with Crippen LogP contribution in [0.2, 0.25) is 0 Å². The molecule has 0 aliphatic heterocycles. The molecule has 0 radical (unpaired) electrons. The van der Waals surface area contributed by atoms with Crippen LogP contribution >= 0.6 is 0 Å². The van der Waals surface area contributed by atoms with Gasteiger partial charge < -0.3 is 25.0 Å². The van der Waals surface area contributed by atoms with Gasteiger partial charge in [0, 0.05) is 36.5 Å². The van der Waals surface area contributed by atoms with E-state index >= 15 is 0 Å². The number of hydrogen-bond donors (Lipinski definition) is 2. The van der Waals surface area contributed by atoms with Crippen molar-refractivity contribution in [3.8, 4) is 22.8 Å². The van der Waals surface area contributed by atoms with E-state index in [-0.39, 0.29) is 0 Å². The minimum Gasteiger partial charge on any atom is -0.493 e. The van der Waals surface area contributed by atoms with E-state index in [1.54, 1.807) is 14.2 Å². The Labute approximate surface area is 171 Å². The molecule has 29 heavy (non-hydrogen) atoms. The van der Waals surface area contributed by atoms with Crippen LogP contribution in [0.5, 0.6) is 11.5 Å². The van der Waals surface area contributed by atoms with Crippen LogP contribution in [0.4, 0.5) is 17.5 Å². The van der Waals surface area contributed by atoms with E-state index in [1.165, 1.54) is 0 Å². The highest BCUT2D eigenvalue weighted by Crippen LogP contribution is 2.31. The Hall–Kier alpha value is -3.32. The predicted octanol–water partition coefficient (Wildman–Crippen LogP) is 3.88. The number of rotatable bonds is 9. The van der Waals surface area contributed by atoms with E-state index in [9.17, 15) is 0 Å². The molecule has 0 aliphatic rings. The van der Waals surface area contributed by atoms with Crippen molar-refractivity contribution in [3.63, 3.8) is 0 Å². The van der Waals surface area contributed by atoms with Gasteiger partial charge in [0.2, 0.25) is 5.95 Å². The average Bonchev–Trinajstić information content (AvgIpc) is 2.74. The van der Waals surface area contributed by atoms with E-state index in [0.29, 0.717) is 23.3 Å². The molecule has 7 nitrogen and oxygen atoms in total. The smallest absolute Gasteiger partial charge is 0.225 e. The molecule has 7 heteroatoms. The molecule has 3 aromatic rings. The van der Waals surface area contributed by atoms with Crippen molar-refractivity contribution < 1.29 is 9.47 Å². The quantitative estimate of drug-likeness (QED) is 0.572. The number of aromatic nitrogens is 2. The molecule has 0 amide bonds. The normalized spacial score (nSPS) is 10.7. The van der Waals surface area contributed by atoms with E-state index in [4.69, 9.17) is 9.47 Å². The van der Waals surface area contributed by atoms with Crippen LogP contribution in [0.25, 0.3) is 11.3 Å². The molecule has 1 aromatic heterocycles. The molecule has 1 heterocycles. The molecular formula is C22H27N5O2. The molecular weight excluding hydrogens is 366 g/mol. The zero-order valence-electron chi connectivity index (χ0n) is 17.3. The summed E-state index contributed by atoms with van der Waals surface area (Å²) in [5, 5.41) is 6.65. The number of nitrogens with one attached hydrogen (secondary N) is 2. The van der Waals surface area contributed by atoms with Crippen molar-refractivity contribution in [1.82, 2.24) is 14.9 Å². The molecule has 0 saturated heterocycles. The number of nitrogens with zero attached hydrogens (tertiary/aromatic N) is 3. The third-order valence-electron chi connectivity index (χ3n) is 4.29. The minimum atomic E-state index is 0.580. The Morgan fingerprint density at radius 3 is 2.34 bits per heavy atom. The summed E-state index contributed by atoms with van der Waals surface area (Å²) in [5.74, 6) is 2.60. The lowest BCUT2D eigenvalue weighted by Gasteiger charge is -2.14. The number of ether oxygens (including phenoxy) is 2. The summed E-state index contributed by atoms with van der Waals surface area (Å²) in [6.07, 6.45) is 0. The average molecular weight is 393 g/mol. The van der Waals surface area contributed by atoms with E-state index < -0.39 is 0 Å². The molecule has 0 aliphatic carbocycles. The van der Waals surface area contributed by atoms with E-state index in [1.807, 2.05) is 68.7 Å². The van der Waals surface area contributed by atoms with Crippen LogP contribution in [-0.4, -0.2) is 56.3 Å². The molecule has 0 atom stereocenters. The fourth-order valence-electron chi connectivity index (χ4n) is 2.80. The molecule has 0 fully saturated rings. The minimum absolute atomic E-state index is 0.580. The standard InChI is InChI=1S/C22H27N5O2/c1-27(2)13-12-23-22-25-18(16-8-6-5-7-9-16)15-21(26-22)24-17-10-11-19(28-3)20(14-17)29-4/h5-11,14-15H,12-13H2,1-4H3,(H2,23,24,25,26). The van der Waals surface area contributed by atoms with Gasteiger partial charge >= 0.3 is 0 Å². The summed E-state index contributed by atoms with van der Waals surface area (Å²) in [7, 11) is 7.31. The maximum Gasteiger partial charge on any atom is 0.225 e. The molecule has 2 aromatic carbocycles. The zero-order valence-corrected chi connectivity index (χ0v) is 17.3. The Balaban J connectivity index is 1.90. The van der Waals surface area contributed by atoms with Crippen molar-refractivity contribution in [2.75, 3.05) is 52.0 Å². The van der Waals surface area contributed by atoms with Crippen molar-refractivity contribution in [2.24, 2.45) is 0 Å². The summed E-state index contributed by atoms with van der Waals surface area (Å²) in [6, 6.07) is 17.6. The molecule has 152 valence electrons. The number of methoxy groups -OCH3 is 2. The van der Waals surface area contributed by atoms with Crippen LogP contribution in [0.15, 0.2) is 54.6 Å². The highest BCUT2D eigenvalue weighted by Gasteiger charge is 2.09. The Kier molecular flexibility index (Phi) is 6.86. The second kappa shape index (κ2) is 9.75. The van der Waals surface area contributed by atoms with Crippen molar-refractivity contribution >= 4 is 17.5 Å². The molecule has 0 unspecified atom stereocenters. The van der Waals surface area contributed by atoms with Gasteiger partial charge in [-0.25, -0.2) is 4.98 Å². The van der Waals surface area contributed by atoms with E-state index in [2.05, 4.69) is 25.5 Å². The summed E-state index contributed by atoms with van der Waals surface area (Å²) < 4.78 is 10.7. The van der Waals surface area contributed by atoms with Gasteiger partial charge in [-0.2, -0.15) is 4.98 Å². The second-order valence-electron chi connectivity index (χ2n) is 6.75.